The van der Waals surface area contributed by atoms with Crippen molar-refractivity contribution >= 4 is 40.6 Å². The van der Waals surface area contributed by atoms with Gasteiger partial charge in [0, 0.05) is 11.8 Å². The van der Waals surface area contributed by atoms with Crippen molar-refractivity contribution in [3.05, 3.63) is 9.47 Å². The fourth-order valence-corrected chi connectivity index (χ4v) is 3.33. The number of nitrogens with one attached hydrogen (secondary N) is 1. The highest BCUT2D eigenvalue weighted by atomic mass is 35.5. The molecule has 2 rings (SSSR count). The Morgan fingerprint density at radius 3 is 3.07 bits per heavy atom. The standard InChI is InChI=1S/C8H10ClN3OS2/c9-8-12-11-7(15-8)6(13)10-4-5-2-1-3-14-5/h5H,1-4H2,(H,10,13). The first-order valence-electron chi connectivity index (χ1n) is 4.64. The topological polar surface area (TPSA) is 54.9 Å². The summed E-state index contributed by atoms with van der Waals surface area (Å²) in [7, 11) is 0. The van der Waals surface area contributed by atoms with E-state index in [-0.39, 0.29) is 5.91 Å². The first kappa shape index (κ1) is 11.2. The number of thioether (sulfide) groups is 1. The van der Waals surface area contributed by atoms with Crippen molar-refractivity contribution in [1.29, 1.82) is 0 Å². The lowest BCUT2D eigenvalue weighted by atomic mass is 10.2. The van der Waals surface area contributed by atoms with Crippen LogP contribution >= 0.6 is 34.7 Å². The Bertz CT molecular complexity index is 351. The lowest BCUT2D eigenvalue weighted by Gasteiger charge is -2.08. The highest BCUT2D eigenvalue weighted by Crippen LogP contribution is 2.25. The maximum Gasteiger partial charge on any atom is 0.282 e. The predicted molar refractivity (Wildman–Crippen MR) is 62.7 cm³/mol. The number of hydrogen-bond donors (Lipinski definition) is 1. The van der Waals surface area contributed by atoms with Gasteiger partial charge in [-0.3, -0.25) is 4.79 Å². The Morgan fingerprint density at radius 1 is 1.60 bits per heavy atom. The minimum absolute atomic E-state index is 0.174. The van der Waals surface area contributed by atoms with Crippen molar-refractivity contribution in [2.45, 2.75) is 18.1 Å². The van der Waals surface area contributed by atoms with Crippen molar-refractivity contribution in [2.24, 2.45) is 0 Å². The van der Waals surface area contributed by atoms with Crippen molar-refractivity contribution in [1.82, 2.24) is 15.5 Å². The normalized spacial score (nSPS) is 20.5. The van der Waals surface area contributed by atoms with Crippen LogP contribution in [0.1, 0.15) is 22.6 Å². The molecule has 7 heteroatoms. The molecule has 0 aliphatic carbocycles. The minimum atomic E-state index is -0.174. The molecule has 0 radical (unpaired) electrons. The fourth-order valence-electron chi connectivity index (χ4n) is 1.38. The van der Waals surface area contributed by atoms with E-state index >= 15 is 0 Å². The zero-order chi connectivity index (χ0) is 10.7. The van der Waals surface area contributed by atoms with Gasteiger partial charge in [-0.2, -0.15) is 11.8 Å². The molecule has 1 atom stereocenters. The van der Waals surface area contributed by atoms with Gasteiger partial charge >= 0.3 is 0 Å². The number of rotatable bonds is 3. The second-order valence-electron chi connectivity index (χ2n) is 3.21. The molecule has 1 aromatic rings. The van der Waals surface area contributed by atoms with Crippen molar-refractivity contribution in [3.8, 4) is 0 Å². The van der Waals surface area contributed by atoms with E-state index in [0.717, 1.165) is 11.3 Å². The average Bonchev–Trinajstić information content (AvgIpc) is 2.84. The van der Waals surface area contributed by atoms with Crippen LogP contribution in [0.4, 0.5) is 0 Å². The van der Waals surface area contributed by atoms with Crippen molar-refractivity contribution in [2.75, 3.05) is 12.3 Å². The second-order valence-corrected chi connectivity index (χ2v) is 6.17. The molecule has 15 heavy (non-hydrogen) atoms. The van der Waals surface area contributed by atoms with Crippen LogP contribution in [0, 0.1) is 0 Å². The molecule has 1 unspecified atom stereocenters. The monoisotopic (exact) mass is 263 g/mol. The third kappa shape index (κ3) is 3.06. The molecule has 0 aromatic carbocycles. The first-order valence-corrected chi connectivity index (χ1v) is 6.89. The van der Waals surface area contributed by atoms with Gasteiger partial charge in [-0.15, -0.1) is 10.2 Å². The maximum absolute atomic E-state index is 11.5. The Hall–Kier alpha value is -0.330. The van der Waals surface area contributed by atoms with E-state index in [2.05, 4.69) is 15.5 Å². The van der Waals surface area contributed by atoms with E-state index in [4.69, 9.17) is 11.6 Å². The van der Waals surface area contributed by atoms with Gasteiger partial charge in [0.1, 0.15) is 0 Å². The van der Waals surface area contributed by atoms with E-state index in [9.17, 15) is 4.79 Å². The van der Waals surface area contributed by atoms with Crippen LogP contribution in [-0.4, -0.2) is 33.7 Å². The summed E-state index contributed by atoms with van der Waals surface area (Å²) in [5.41, 5.74) is 0. The number of amides is 1. The van der Waals surface area contributed by atoms with Crippen LogP contribution in [0.2, 0.25) is 4.47 Å². The molecule has 1 aliphatic heterocycles. The van der Waals surface area contributed by atoms with Crippen molar-refractivity contribution < 1.29 is 4.79 Å². The molecule has 1 aliphatic rings. The molecule has 0 spiro atoms. The van der Waals surface area contributed by atoms with Gasteiger partial charge in [-0.1, -0.05) is 11.3 Å². The summed E-state index contributed by atoms with van der Waals surface area (Å²) >= 11 is 8.61. The molecule has 1 N–H and O–H groups in total. The Labute approximate surface area is 101 Å². The van der Waals surface area contributed by atoms with Crippen LogP contribution < -0.4 is 5.32 Å². The van der Waals surface area contributed by atoms with E-state index in [1.165, 1.54) is 18.6 Å². The van der Waals surface area contributed by atoms with Crippen LogP contribution in [0.5, 0.6) is 0 Å². The number of halogens is 1. The Morgan fingerprint density at radius 2 is 2.47 bits per heavy atom. The van der Waals surface area contributed by atoms with E-state index in [0.29, 0.717) is 21.3 Å². The lowest BCUT2D eigenvalue weighted by molar-refractivity contribution is 0.0952. The molecular formula is C8H10ClN3OS2. The third-order valence-electron chi connectivity index (χ3n) is 2.11. The Kier molecular flexibility index (Phi) is 3.82. The zero-order valence-corrected chi connectivity index (χ0v) is 10.3. The minimum Gasteiger partial charge on any atom is -0.349 e. The molecule has 1 fully saturated rings. The molecule has 1 amide bonds. The molecule has 82 valence electrons. The fraction of sp³-hybridized carbons (Fsp3) is 0.625. The molecule has 0 saturated carbocycles. The summed E-state index contributed by atoms with van der Waals surface area (Å²) < 4.78 is 0.301. The van der Waals surface area contributed by atoms with Crippen LogP contribution in [0.3, 0.4) is 0 Å². The average molecular weight is 264 g/mol. The van der Waals surface area contributed by atoms with Gasteiger partial charge in [0.2, 0.25) is 9.47 Å². The number of hydrogen-bond acceptors (Lipinski definition) is 5. The molecule has 1 aromatic heterocycles. The number of aromatic nitrogens is 2. The van der Waals surface area contributed by atoms with E-state index in [1.54, 1.807) is 0 Å². The summed E-state index contributed by atoms with van der Waals surface area (Å²) in [5.74, 6) is 1.03. The largest absolute Gasteiger partial charge is 0.349 e. The van der Waals surface area contributed by atoms with E-state index in [1.807, 2.05) is 11.8 Å². The highest BCUT2D eigenvalue weighted by Gasteiger charge is 2.18. The van der Waals surface area contributed by atoms with Gasteiger partial charge in [0.25, 0.3) is 5.91 Å². The molecule has 0 bridgehead atoms. The van der Waals surface area contributed by atoms with Gasteiger partial charge in [0.15, 0.2) is 0 Å². The quantitative estimate of drug-likeness (QED) is 0.904. The zero-order valence-electron chi connectivity index (χ0n) is 7.90. The van der Waals surface area contributed by atoms with Crippen LogP contribution in [-0.2, 0) is 0 Å². The number of nitrogens with zero attached hydrogens (tertiary/aromatic N) is 2. The van der Waals surface area contributed by atoms with Crippen molar-refractivity contribution in [3.63, 3.8) is 0 Å². The summed E-state index contributed by atoms with van der Waals surface area (Å²) in [6.07, 6.45) is 2.43. The van der Waals surface area contributed by atoms with Gasteiger partial charge in [-0.25, -0.2) is 0 Å². The lowest BCUT2D eigenvalue weighted by Crippen LogP contribution is -2.29. The van der Waals surface area contributed by atoms with E-state index < -0.39 is 0 Å². The first-order chi connectivity index (χ1) is 7.25. The highest BCUT2D eigenvalue weighted by molar-refractivity contribution is 8.00. The molecule has 1 saturated heterocycles. The Balaban J connectivity index is 1.81. The summed E-state index contributed by atoms with van der Waals surface area (Å²) in [4.78, 5) is 11.5. The predicted octanol–water partition coefficient (Wildman–Crippen LogP) is 1.82. The molecular weight excluding hydrogens is 254 g/mol. The van der Waals surface area contributed by atoms with Gasteiger partial charge < -0.3 is 5.32 Å². The van der Waals surface area contributed by atoms with Gasteiger partial charge in [-0.05, 0) is 30.2 Å². The summed E-state index contributed by atoms with van der Waals surface area (Å²) in [5, 5.41) is 11.0. The molecule has 4 nitrogen and oxygen atoms in total. The van der Waals surface area contributed by atoms with Crippen LogP contribution in [0.15, 0.2) is 0 Å². The SMILES string of the molecule is O=C(NCC1CCCS1)c1nnc(Cl)s1. The molecule has 2 heterocycles. The number of carbonyl (C=O) groups is 1. The van der Waals surface area contributed by atoms with Gasteiger partial charge in [0.05, 0.1) is 0 Å². The number of carbonyl (C=O) groups excluding carboxylic acids is 1. The smallest absolute Gasteiger partial charge is 0.282 e. The second kappa shape index (κ2) is 5.14. The maximum atomic E-state index is 11.5. The summed E-state index contributed by atoms with van der Waals surface area (Å²) in [6, 6.07) is 0. The van der Waals surface area contributed by atoms with Crippen LogP contribution in [0.25, 0.3) is 0 Å². The third-order valence-corrected chi connectivity index (χ3v) is 4.52. The summed E-state index contributed by atoms with van der Waals surface area (Å²) in [6.45, 7) is 0.709.